The van der Waals surface area contributed by atoms with Gasteiger partial charge in [0.05, 0.1) is 25.7 Å². The molecular weight excluding hydrogens is 242 g/mol. The topological polar surface area (TPSA) is 47.6 Å². The van der Waals surface area contributed by atoms with Crippen molar-refractivity contribution in [2.24, 2.45) is 11.8 Å². The van der Waals surface area contributed by atoms with Crippen molar-refractivity contribution < 1.29 is 14.3 Å². The van der Waals surface area contributed by atoms with E-state index in [0.29, 0.717) is 25.7 Å². The monoisotopic (exact) mass is 269 g/mol. The summed E-state index contributed by atoms with van der Waals surface area (Å²) in [5, 5.41) is 3.37. The fourth-order valence-corrected chi connectivity index (χ4v) is 2.98. The zero-order valence-corrected chi connectivity index (χ0v) is 12.0. The average Bonchev–Trinajstić information content (AvgIpc) is 2.92. The quantitative estimate of drug-likeness (QED) is 0.750. The molecule has 1 N–H and O–H groups in total. The second kappa shape index (κ2) is 7.85. The van der Waals surface area contributed by atoms with E-state index in [1.807, 2.05) is 0 Å². The van der Waals surface area contributed by atoms with Gasteiger partial charge >= 0.3 is 5.97 Å². The first-order valence-electron chi connectivity index (χ1n) is 7.79. The van der Waals surface area contributed by atoms with E-state index in [9.17, 15) is 4.79 Å². The predicted molar refractivity (Wildman–Crippen MR) is 73.9 cm³/mol. The van der Waals surface area contributed by atoms with Crippen LogP contribution in [0.4, 0.5) is 0 Å². The Kier molecular flexibility index (Phi) is 6.11. The van der Waals surface area contributed by atoms with Crippen molar-refractivity contribution in [3.8, 4) is 0 Å². The van der Waals surface area contributed by atoms with Crippen LogP contribution in [0.15, 0.2) is 0 Å². The van der Waals surface area contributed by atoms with Crippen LogP contribution >= 0.6 is 0 Å². The molecule has 0 radical (unpaired) electrons. The average molecular weight is 269 g/mol. The first-order chi connectivity index (χ1) is 9.31. The molecule has 0 aromatic carbocycles. The molecule has 2 unspecified atom stereocenters. The lowest BCUT2D eigenvalue weighted by Gasteiger charge is -2.23. The molecule has 0 spiro atoms. The number of ether oxygens (including phenoxy) is 2. The Balaban J connectivity index is 1.71. The Morgan fingerprint density at radius 3 is 2.79 bits per heavy atom. The smallest absolute Gasteiger partial charge is 0.312 e. The van der Waals surface area contributed by atoms with Gasteiger partial charge in [-0.2, -0.15) is 0 Å². The van der Waals surface area contributed by atoms with E-state index in [0.717, 1.165) is 13.0 Å². The lowest BCUT2D eigenvalue weighted by atomic mass is 9.90. The van der Waals surface area contributed by atoms with Crippen LogP contribution in [-0.2, 0) is 14.3 Å². The third-order valence-electron chi connectivity index (χ3n) is 4.23. The molecular formula is C15H27NO3. The summed E-state index contributed by atoms with van der Waals surface area (Å²) in [6.07, 6.45) is 7.41. The van der Waals surface area contributed by atoms with Gasteiger partial charge in [-0.05, 0) is 31.7 Å². The second-order valence-corrected chi connectivity index (χ2v) is 5.84. The third-order valence-corrected chi connectivity index (χ3v) is 4.23. The van der Waals surface area contributed by atoms with Gasteiger partial charge in [-0.1, -0.05) is 26.2 Å². The molecule has 2 atom stereocenters. The number of carbonyl (C=O) groups is 1. The maximum Gasteiger partial charge on any atom is 0.312 e. The lowest BCUT2D eigenvalue weighted by Crippen LogP contribution is -2.40. The summed E-state index contributed by atoms with van der Waals surface area (Å²) in [7, 11) is 0. The minimum Gasteiger partial charge on any atom is -0.465 e. The zero-order chi connectivity index (χ0) is 13.5. The fourth-order valence-electron chi connectivity index (χ4n) is 2.98. The SMILES string of the molecule is CCCNC1COCC1C(=O)OCC1CCCCC1. The van der Waals surface area contributed by atoms with Gasteiger partial charge in [0.15, 0.2) is 0 Å². The molecule has 1 aliphatic heterocycles. The summed E-state index contributed by atoms with van der Waals surface area (Å²) >= 11 is 0. The highest BCUT2D eigenvalue weighted by molar-refractivity contribution is 5.73. The molecule has 0 bridgehead atoms. The van der Waals surface area contributed by atoms with Gasteiger partial charge in [-0.25, -0.2) is 0 Å². The van der Waals surface area contributed by atoms with Crippen LogP contribution in [0.1, 0.15) is 45.4 Å². The molecule has 1 saturated heterocycles. The van der Waals surface area contributed by atoms with E-state index in [1.165, 1.54) is 32.1 Å². The molecule has 4 nitrogen and oxygen atoms in total. The van der Waals surface area contributed by atoms with Crippen molar-refractivity contribution in [2.45, 2.75) is 51.5 Å². The van der Waals surface area contributed by atoms with Crippen molar-refractivity contribution in [1.29, 1.82) is 0 Å². The molecule has 4 heteroatoms. The van der Waals surface area contributed by atoms with Crippen LogP contribution in [0.2, 0.25) is 0 Å². The van der Waals surface area contributed by atoms with Crippen LogP contribution in [0.25, 0.3) is 0 Å². The maximum atomic E-state index is 12.1. The molecule has 2 aliphatic rings. The van der Waals surface area contributed by atoms with Crippen molar-refractivity contribution in [1.82, 2.24) is 5.32 Å². The molecule has 2 rings (SSSR count). The first kappa shape index (κ1) is 14.8. The van der Waals surface area contributed by atoms with Gasteiger partial charge in [-0.15, -0.1) is 0 Å². The summed E-state index contributed by atoms with van der Waals surface area (Å²) in [5.41, 5.74) is 0. The van der Waals surface area contributed by atoms with Gasteiger partial charge < -0.3 is 14.8 Å². The number of carbonyl (C=O) groups excluding carboxylic acids is 1. The van der Waals surface area contributed by atoms with Gasteiger partial charge in [0.25, 0.3) is 0 Å². The molecule has 19 heavy (non-hydrogen) atoms. The van der Waals surface area contributed by atoms with Gasteiger partial charge in [0.1, 0.15) is 0 Å². The molecule has 0 aromatic rings. The van der Waals surface area contributed by atoms with Crippen molar-refractivity contribution >= 4 is 5.97 Å². The number of rotatable bonds is 6. The summed E-state index contributed by atoms with van der Waals surface area (Å²) in [4.78, 5) is 12.1. The Morgan fingerprint density at radius 1 is 1.26 bits per heavy atom. The van der Waals surface area contributed by atoms with Crippen molar-refractivity contribution in [3.05, 3.63) is 0 Å². The highest BCUT2D eigenvalue weighted by atomic mass is 16.5. The minimum atomic E-state index is -0.116. The second-order valence-electron chi connectivity index (χ2n) is 5.84. The minimum absolute atomic E-state index is 0.0725. The standard InChI is InChI=1S/C15H27NO3/c1-2-8-16-14-11-18-10-13(14)15(17)19-9-12-6-4-3-5-7-12/h12-14,16H,2-11H2,1H3. The highest BCUT2D eigenvalue weighted by Crippen LogP contribution is 2.24. The fraction of sp³-hybridized carbons (Fsp3) is 0.933. The van der Waals surface area contributed by atoms with E-state index in [2.05, 4.69) is 12.2 Å². The van der Waals surface area contributed by atoms with Gasteiger partial charge in [-0.3, -0.25) is 4.79 Å². The molecule has 0 aromatic heterocycles. The van der Waals surface area contributed by atoms with Crippen molar-refractivity contribution in [2.75, 3.05) is 26.4 Å². The van der Waals surface area contributed by atoms with Crippen molar-refractivity contribution in [3.63, 3.8) is 0 Å². The number of hydrogen-bond acceptors (Lipinski definition) is 4. The van der Waals surface area contributed by atoms with E-state index in [-0.39, 0.29) is 17.9 Å². The predicted octanol–water partition coefficient (Wildman–Crippen LogP) is 2.12. The van der Waals surface area contributed by atoms with Crippen LogP contribution in [0.5, 0.6) is 0 Å². The molecule has 0 amide bonds. The largest absolute Gasteiger partial charge is 0.465 e. The van der Waals surface area contributed by atoms with Gasteiger partial charge in [0.2, 0.25) is 0 Å². The molecule has 1 saturated carbocycles. The van der Waals surface area contributed by atoms with E-state index < -0.39 is 0 Å². The Hall–Kier alpha value is -0.610. The Morgan fingerprint density at radius 2 is 2.05 bits per heavy atom. The summed E-state index contributed by atoms with van der Waals surface area (Å²) in [5.74, 6) is 0.397. The Labute approximate surface area is 116 Å². The molecule has 1 heterocycles. The van der Waals surface area contributed by atoms with Crippen LogP contribution < -0.4 is 5.32 Å². The van der Waals surface area contributed by atoms with Crippen LogP contribution in [-0.4, -0.2) is 38.4 Å². The first-order valence-corrected chi connectivity index (χ1v) is 7.79. The normalized spacial score (nSPS) is 28.5. The summed E-state index contributed by atoms with van der Waals surface area (Å²) < 4.78 is 10.9. The number of hydrogen-bond donors (Lipinski definition) is 1. The number of esters is 1. The molecule has 2 fully saturated rings. The third kappa shape index (κ3) is 4.46. The molecule has 110 valence electrons. The maximum absolute atomic E-state index is 12.1. The van der Waals surface area contributed by atoms with E-state index in [4.69, 9.17) is 9.47 Å². The summed E-state index contributed by atoms with van der Waals surface area (Å²) in [6.45, 7) is 4.80. The van der Waals surface area contributed by atoms with Crippen LogP contribution in [0.3, 0.4) is 0 Å². The summed E-state index contributed by atoms with van der Waals surface area (Å²) in [6, 6.07) is 0.138. The molecule has 1 aliphatic carbocycles. The van der Waals surface area contributed by atoms with Crippen LogP contribution in [0, 0.1) is 11.8 Å². The lowest BCUT2D eigenvalue weighted by molar-refractivity contribution is -0.150. The van der Waals surface area contributed by atoms with Gasteiger partial charge in [0, 0.05) is 6.04 Å². The highest BCUT2D eigenvalue weighted by Gasteiger charge is 2.35. The van der Waals surface area contributed by atoms with E-state index in [1.54, 1.807) is 0 Å². The number of nitrogens with one attached hydrogen (secondary N) is 1. The zero-order valence-electron chi connectivity index (χ0n) is 12.0. The van der Waals surface area contributed by atoms with E-state index >= 15 is 0 Å². The Bertz CT molecular complexity index is 277.